The normalized spacial score (nSPS) is 32.6. The van der Waals surface area contributed by atoms with Gasteiger partial charge in [-0.25, -0.2) is 0 Å². The van der Waals surface area contributed by atoms with Gasteiger partial charge in [-0.2, -0.15) is 0 Å². The molecule has 0 saturated heterocycles. The van der Waals surface area contributed by atoms with E-state index in [1.54, 1.807) is 5.57 Å². The predicted octanol–water partition coefficient (Wildman–Crippen LogP) is 7.24. The average molecular weight is 519 g/mol. The van der Waals surface area contributed by atoms with Crippen molar-refractivity contribution in [2.75, 3.05) is 0 Å². The first kappa shape index (κ1) is 30.9. The molecule has 4 nitrogen and oxygen atoms in total. The molecule has 3 saturated carbocycles. The van der Waals surface area contributed by atoms with Crippen LogP contribution in [-0.2, 0) is 0 Å². The molecule has 4 heteroatoms. The van der Waals surface area contributed by atoms with Crippen molar-refractivity contribution in [3.05, 3.63) is 23.3 Å². The molecule has 0 aliphatic heterocycles. The monoisotopic (exact) mass is 518 g/mol. The van der Waals surface area contributed by atoms with Crippen molar-refractivity contribution in [2.45, 2.75) is 161 Å². The van der Waals surface area contributed by atoms with Gasteiger partial charge in [0, 0.05) is 0 Å². The summed E-state index contributed by atoms with van der Waals surface area (Å²) in [7, 11) is 0. The zero-order valence-electron chi connectivity index (χ0n) is 24.9. The van der Waals surface area contributed by atoms with Gasteiger partial charge >= 0.3 is 0 Å². The summed E-state index contributed by atoms with van der Waals surface area (Å²) in [6, 6.07) is 0. The van der Waals surface area contributed by atoms with Crippen LogP contribution in [-0.4, -0.2) is 43.8 Å². The molecule has 0 bridgehead atoms. The Balaban J connectivity index is 1.72. The fourth-order valence-electron chi connectivity index (χ4n) is 8.03. The fourth-order valence-corrected chi connectivity index (χ4v) is 8.03. The van der Waals surface area contributed by atoms with Gasteiger partial charge in [-0.3, -0.25) is 0 Å². The highest BCUT2D eigenvalue weighted by Crippen LogP contribution is 2.60. The topological polar surface area (TPSA) is 80.9 Å². The van der Waals surface area contributed by atoms with Crippen LogP contribution in [0.25, 0.3) is 0 Å². The molecule has 3 aliphatic carbocycles. The van der Waals surface area contributed by atoms with Gasteiger partial charge in [-0.15, -0.1) is 0 Å². The maximum absolute atomic E-state index is 10.3. The standard InChI is InChI=1S/C33H58O4/c1-30(2,36)15-8-17-32(5,18-9-16-31(3,4)37)23-26-13-14-29-25(10-7-19-33(26,29)6)12-11-24-20-27(34)22-28(35)21-24/h11-12,26-29,34-37H,7-10,13-23H2,1-6H3/b25-12+/t26?,27-,28-,29?,33-/m1/s1. The Bertz CT molecular complexity index is 766. The van der Waals surface area contributed by atoms with Crippen LogP contribution in [0.1, 0.15) is 138 Å². The summed E-state index contributed by atoms with van der Waals surface area (Å²) in [6.45, 7) is 12.7. The van der Waals surface area contributed by atoms with Gasteiger partial charge in [0.25, 0.3) is 0 Å². The van der Waals surface area contributed by atoms with Crippen LogP contribution in [0, 0.1) is 22.7 Å². The molecule has 0 amide bonds. The number of hydrogen-bond acceptors (Lipinski definition) is 4. The van der Waals surface area contributed by atoms with Crippen LogP contribution in [0.3, 0.4) is 0 Å². The lowest BCUT2D eigenvalue weighted by Crippen LogP contribution is -2.36. The summed E-state index contributed by atoms with van der Waals surface area (Å²) >= 11 is 0. The summed E-state index contributed by atoms with van der Waals surface area (Å²) < 4.78 is 0. The van der Waals surface area contributed by atoms with E-state index in [0.717, 1.165) is 38.5 Å². The van der Waals surface area contributed by atoms with Crippen molar-refractivity contribution < 1.29 is 20.4 Å². The molecular weight excluding hydrogens is 460 g/mol. The van der Waals surface area contributed by atoms with E-state index in [-0.39, 0.29) is 5.41 Å². The lowest BCUT2D eigenvalue weighted by molar-refractivity contribution is 0.0453. The van der Waals surface area contributed by atoms with Crippen molar-refractivity contribution in [1.82, 2.24) is 0 Å². The highest BCUT2D eigenvalue weighted by molar-refractivity contribution is 5.26. The van der Waals surface area contributed by atoms with Gasteiger partial charge in [-0.05, 0) is 134 Å². The minimum Gasteiger partial charge on any atom is -0.393 e. The molecule has 0 aromatic carbocycles. The number of fused-ring (bicyclic) bond motifs is 1. The van der Waals surface area contributed by atoms with Crippen molar-refractivity contribution in [1.29, 1.82) is 0 Å². The van der Waals surface area contributed by atoms with E-state index < -0.39 is 23.4 Å². The molecule has 37 heavy (non-hydrogen) atoms. The van der Waals surface area contributed by atoms with E-state index in [0.29, 0.717) is 36.5 Å². The van der Waals surface area contributed by atoms with Crippen LogP contribution < -0.4 is 0 Å². The molecule has 0 aromatic heterocycles. The van der Waals surface area contributed by atoms with Crippen molar-refractivity contribution in [3.8, 4) is 0 Å². The Morgan fingerprint density at radius 1 is 0.838 bits per heavy atom. The molecule has 0 spiro atoms. The summed E-state index contributed by atoms with van der Waals surface area (Å²) in [4.78, 5) is 0. The minimum atomic E-state index is -0.611. The lowest BCUT2D eigenvalue weighted by Gasteiger charge is -2.45. The molecule has 3 fully saturated rings. The van der Waals surface area contributed by atoms with E-state index >= 15 is 0 Å². The second-order valence-electron chi connectivity index (χ2n) is 15.1. The molecule has 0 aromatic rings. The lowest BCUT2D eigenvalue weighted by atomic mass is 9.60. The van der Waals surface area contributed by atoms with E-state index in [9.17, 15) is 20.4 Å². The van der Waals surface area contributed by atoms with E-state index in [2.05, 4.69) is 26.0 Å². The molecule has 3 aliphatic rings. The third-order valence-corrected chi connectivity index (χ3v) is 10.1. The Morgan fingerprint density at radius 3 is 1.95 bits per heavy atom. The zero-order chi connectivity index (χ0) is 27.5. The second kappa shape index (κ2) is 12.2. The summed E-state index contributed by atoms with van der Waals surface area (Å²) in [5, 5.41) is 40.8. The number of allylic oxidation sites excluding steroid dienone is 3. The number of aliphatic hydroxyl groups is 4. The van der Waals surface area contributed by atoms with Gasteiger partial charge in [0.1, 0.15) is 0 Å². The van der Waals surface area contributed by atoms with Crippen LogP contribution in [0.2, 0.25) is 0 Å². The Kier molecular flexibility index (Phi) is 10.2. The molecule has 5 atom stereocenters. The van der Waals surface area contributed by atoms with Crippen LogP contribution in [0.5, 0.6) is 0 Å². The first-order valence-corrected chi connectivity index (χ1v) is 15.3. The minimum absolute atomic E-state index is 0.233. The van der Waals surface area contributed by atoms with Gasteiger partial charge in [0.05, 0.1) is 23.4 Å². The highest BCUT2D eigenvalue weighted by atomic mass is 16.3. The van der Waals surface area contributed by atoms with Gasteiger partial charge in [0.15, 0.2) is 0 Å². The molecule has 2 unspecified atom stereocenters. The van der Waals surface area contributed by atoms with E-state index in [1.165, 1.54) is 44.1 Å². The summed E-state index contributed by atoms with van der Waals surface area (Å²) in [6.07, 6.45) is 19.2. The van der Waals surface area contributed by atoms with Gasteiger partial charge < -0.3 is 20.4 Å². The number of hydrogen-bond donors (Lipinski definition) is 4. The Labute approximate surface area is 227 Å². The van der Waals surface area contributed by atoms with Gasteiger partial charge in [0.2, 0.25) is 0 Å². The maximum atomic E-state index is 10.3. The smallest absolute Gasteiger partial charge is 0.0602 e. The van der Waals surface area contributed by atoms with Crippen molar-refractivity contribution in [3.63, 3.8) is 0 Å². The summed E-state index contributed by atoms with van der Waals surface area (Å²) in [5.74, 6) is 1.35. The molecule has 214 valence electrons. The second-order valence-corrected chi connectivity index (χ2v) is 15.1. The average Bonchev–Trinajstić information content (AvgIpc) is 3.06. The SMILES string of the molecule is CC(C)(O)CCCC(C)(CCCC(C)(C)O)CC1CCC2/C(=C/C=C3C[C@@H](O)C[C@H](O)C3)CCC[C@]12C. The third kappa shape index (κ3) is 9.19. The third-order valence-electron chi connectivity index (χ3n) is 10.1. The molecule has 3 rings (SSSR count). The van der Waals surface area contributed by atoms with Crippen LogP contribution in [0.4, 0.5) is 0 Å². The molecule has 0 heterocycles. The predicted molar refractivity (Wildman–Crippen MR) is 153 cm³/mol. The quantitative estimate of drug-likeness (QED) is 0.232. The first-order chi connectivity index (χ1) is 17.1. The Hall–Kier alpha value is -0.680. The number of rotatable bonds is 11. The van der Waals surface area contributed by atoms with Crippen molar-refractivity contribution >= 4 is 0 Å². The molecule has 0 radical (unpaired) electrons. The molecular formula is C33H58O4. The zero-order valence-corrected chi connectivity index (χ0v) is 24.9. The first-order valence-electron chi connectivity index (χ1n) is 15.3. The Morgan fingerprint density at radius 2 is 1.41 bits per heavy atom. The van der Waals surface area contributed by atoms with Gasteiger partial charge in [-0.1, -0.05) is 50.0 Å². The van der Waals surface area contributed by atoms with Crippen molar-refractivity contribution in [2.24, 2.45) is 22.7 Å². The van der Waals surface area contributed by atoms with Crippen LogP contribution in [0.15, 0.2) is 23.3 Å². The van der Waals surface area contributed by atoms with Crippen LogP contribution >= 0.6 is 0 Å². The van der Waals surface area contributed by atoms with E-state index in [1.807, 2.05) is 27.7 Å². The largest absolute Gasteiger partial charge is 0.393 e. The molecule has 4 N–H and O–H groups in total. The summed E-state index contributed by atoms with van der Waals surface area (Å²) in [5.41, 5.74) is 2.12. The maximum Gasteiger partial charge on any atom is 0.0602 e. The highest BCUT2D eigenvalue weighted by Gasteiger charge is 2.50. The number of aliphatic hydroxyl groups excluding tert-OH is 2. The van der Waals surface area contributed by atoms with E-state index in [4.69, 9.17) is 0 Å². The fraction of sp³-hybridized carbons (Fsp3) is 0.879.